The van der Waals surface area contributed by atoms with Gasteiger partial charge in [-0.15, -0.1) is 0 Å². The molecule has 1 fully saturated rings. The van der Waals surface area contributed by atoms with Crippen LogP contribution in [-0.2, 0) is 20.1 Å². The summed E-state index contributed by atoms with van der Waals surface area (Å²) in [4.78, 5) is 26.9. The normalized spacial score (nSPS) is 17.9. The number of benzene rings is 2. The molecule has 1 aliphatic heterocycles. The van der Waals surface area contributed by atoms with E-state index in [1.54, 1.807) is 24.3 Å². The zero-order chi connectivity index (χ0) is 26.0. The molecule has 1 aliphatic rings. The summed E-state index contributed by atoms with van der Waals surface area (Å²) in [6.07, 6.45) is -5.70. The van der Waals surface area contributed by atoms with Gasteiger partial charge in [0.15, 0.2) is 8.32 Å². The van der Waals surface area contributed by atoms with E-state index in [2.05, 4.69) is 0 Å². The quantitative estimate of drug-likeness (QED) is 0.382. The van der Waals surface area contributed by atoms with Crippen LogP contribution < -0.4 is 0 Å². The molecule has 0 N–H and O–H groups in total. The molecule has 0 spiro atoms. The fraction of sp³-hybridized carbons (Fsp3) is 0.462. The minimum atomic E-state index is -4.59. The lowest BCUT2D eigenvalue weighted by Crippen LogP contribution is -2.42. The summed E-state index contributed by atoms with van der Waals surface area (Å²) in [6.45, 7) is 10.1. The molecule has 2 amide bonds. The summed E-state index contributed by atoms with van der Waals surface area (Å²) < 4.78 is 53.0. The van der Waals surface area contributed by atoms with E-state index in [0.717, 1.165) is 16.5 Å². The first-order valence-corrected chi connectivity index (χ1v) is 14.5. The maximum absolute atomic E-state index is 13.9. The lowest BCUT2D eigenvalue weighted by atomic mass is 9.91. The summed E-state index contributed by atoms with van der Waals surface area (Å²) >= 11 is 0. The van der Waals surface area contributed by atoms with Crippen molar-refractivity contribution in [3.8, 4) is 0 Å². The number of hydrogen-bond donors (Lipinski definition) is 0. The molecule has 35 heavy (non-hydrogen) atoms. The molecule has 0 aromatic heterocycles. The third kappa shape index (κ3) is 6.13. The topological polar surface area (TPSA) is 55.8 Å². The van der Waals surface area contributed by atoms with Gasteiger partial charge >= 0.3 is 12.3 Å². The van der Waals surface area contributed by atoms with E-state index in [0.29, 0.717) is 0 Å². The molecule has 1 heterocycles. The Morgan fingerprint density at radius 1 is 1.09 bits per heavy atom. The van der Waals surface area contributed by atoms with Crippen molar-refractivity contribution in [2.45, 2.75) is 63.5 Å². The molecule has 1 saturated heterocycles. The van der Waals surface area contributed by atoms with Gasteiger partial charge in [0.05, 0.1) is 5.56 Å². The summed E-state index contributed by atoms with van der Waals surface area (Å²) in [5, 5.41) is -0.164. The second-order valence-electron chi connectivity index (χ2n) is 10.3. The molecule has 2 atom stereocenters. The molecule has 190 valence electrons. The zero-order valence-corrected chi connectivity index (χ0v) is 21.7. The first kappa shape index (κ1) is 26.9. The van der Waals surface area contributed by atoms with Crippen molar-refractivity contribution >= 4 is 20.3 Å². The van der Waals surface area contributed by atoms with Crippen molar-refractivity contribution in [2.24, 2.45) is 0 Å². The van der Waals surface area contributed by atoms with Gasteiger partial charge in [-0.05, 0) is 35.3 Å². The van der Waals surface area contributed by atoms with E-state index in [9.17, 15) is 22.8 Å². The lowest BCUT2D eigenvalue weighted by molar-refractivity contribution is -0.139. The fourth-order valence-electron chi connectivity index (χ4n) is 3.82. The van der Waals surface area contributed by atoms with Gasteiger partial charge in [0.25, 0.3) is 0 Å². The second-order valence-corrected chi connectivity index (χ2v) is 15.1. The van der Waals surface area contributed by atoms with Crippen LogP contribution in [0.1, 0.15) is 55.8 Å². The van der Waals surface area contributed by atoms with E-state index < -0.39 is 44.0 Å². The smallest absolute Gasteiger partial charge is 0.417 e. The fourth-order valence-corrected chi connectivity index (χ4v) is 4.87. The standard InChI is InChI=1S/C26H32F3NO4Si/c1-25(2,3)35(4,5)34-16-19(20-13-9-10-14-21(20)26(27,28)29)15-23(31)30-22(17-33-24(30)32)18-11-7-6-8-12-18/h6-14,19,22H,15-17H2,1-5H3/t19-,22+/m0/s1. The number of carbonyl (C=O) groups is 2. The Labute approximate surface area is 205 Å². The number of imide groups is 1. The van der Waals surface area contributed by atoms with Crippen molar-refractivity contribution < 1.29 is 31.9 Å². The van der Waals surface area contributed by atoms with Gasteiger partial charge in [-0.1, -0.05) is 69.3 Å². The largest absolute Gasteiger partial charge is 0.446 e. The summed E-state index contributed by atoms with van der Waals surface area (Å²) in [5.41, 5.74) is -0.104. The van der Waals surface area contributed by atoms with Crippen molar-refractivity contribution in [3.05, 3.63) is 71.3 Å². The molecule has 0 aliphatic carbocycles. The first-order chi connectivity index (χ1) is 16.2. The number of carbonyl (C=O) groups excluding carboxylic acids is 2. The molecule has 0 bridgehead atoms. The number of ether oxygens (including phenoxy) is 1. The highest BCUT2D eigenvalue weighted by Gasteiger charge is 2.43. The lowest BCUT2D eigenvalue weighted by Gasteiger charge is -2.37. The van der Waals surface area contributed by atoms with Gasteiger partial charge in [-0.2, -0.15) is 13.2 Å². The van der Waals surface area contributed by atoms with E-state index in [-0.39, 0.29) is 30.2 Å². The van der Waals surface area contributed by atoms with Gasteiger partial charge in [-0.3, -0.25) is 4.79 Å². The van der Waals surface area contributed by atoms with Crippen LogP contribution in [0.4, 0.5) is 18.0 Å². The SMILES string of the molecule is CC(C)(C)[Si](C)(C)OC[C@H](CC(=O)N1C(=O)OC[C@@H]1c1ccccc1)c1ccccc1C(F)(F)F. The van der Waals surface area contributed by atoms with E-state index in [1.165, 1.54) is 18.2 Å². The van der Waals surface area contributed by atoms with Crippen molar-refractivity contribution in [2.75, 3.05) is 13.2 Å². The van der Waals surface area contributed by atoms with E-state index in [4.69, 9.17) is 9.16 Å². The summed E-state index contributed by atoms with van der Waals surface area (Å²) in [5.74, 6) is -1.48. The van der Waals surface area contributed by atoms with Gasteiger partial charge in [-0.25, -0.2) is 9.69 Å². The van der Waals surface area contributed by atoms with Gasteiger partial charge < -0.3 is 9.16 Å². The average molecular weight is 508 g/mol. The van der Waals surface area contributed by atoms with Crippen LogP contribution in [-0.4, -0.2) is 38.4 Å². The molecule has 0 radical (unpaired) electrons. The van der Waals surface area contributed by atoms with E-state index in [1.807, 2.05) is 39.9 Å². The molecular weight excluding hydrogens is 475 g/mol. The monoisotopic (exact) mass is 507 g/mol. The van der Waals surface area contributed by atoms with Crippen LogP contribution in [0, 0.1) is 0 Å². The van der Waals surface area contributed by atoms with Crippen molar-refractivity contribution in [1.29, 1.82) is 0 Å². The molecule has 2 aromatic rings. The minimum Gasteiger partial charge on any atom is -0.446 e. The predicted octanol–water partition coefficient (Wildman–Crippen LogP) is 6.92. The average Bonchev–Trinajstić information content (AvgIpc) is 3.17. The third-order valence-corrected chi connectivity index (χ3v) is 11.4. The van der Waals surface area contributed by atoms with Crippen molar-refractivity contribution in [3.63, 3.8) is 0 Å². The Morgan fingerprint density at radius 2 is 1.69 bits per heavy atom. The third-order valence-electron chi connectivity index (χ3n) is 6.90. The Bertz CT molecular complexity index is 1050. The van der Waals surface area contributed by atoms with Crippen LogP contribution in [0.25, 0.3) is 0 Å². The zero-order valence-electron chi connectivity index (χ0n) is 20.7. The molecule has 0 unspecified atom stereocenters. The molecule has 3 rings (SSSR count). The number of nitrogens with zero attached hydrogens (tertiary/aromatic N) is 1. The van der Waals surface area contributed by atoms with Crippen LogP contribution in [0.5, 0.6) is 0 Å². The molecule has 0 saturated carbocycles. The first-order valence-electron chi connectivity index (χ1n) is 11.6. The Balaban J connectivity index is 1.94. The summed E-state index contributed by atoms with van der Waals surface area (Å²) in [6, 6.07) is 13.6. The predicted molar refractivity (Wildman–Crippen MR) is 129 cm³/mol. The Morgan fingerprint density at radius 3 is 2.29 bits per heavy atom. The molecule has 9 heteroatoms. The number of amides is 2. The highest BCUT2D eigenvalue weighted by Crippen LogP contribution is 2.40. The second kappa shape index (κ2) is 10.1. The number of alkyl halides is 3. The van der Waals surface area contributed by atoms with E-state index >= 15 is 0 Å². The number of cyclic esters (lactones) is 1. The number of hydrogen-bond acceptors (Lipinski definition) is 4. The van der Waals surface area contributed by atoms with Crippen LogP contribution in [0.15, 0.2) is 54.6 Å². The maximum atomic E-state index is 13.9. The molecular formula is C26H32F3NO4Si. The van der Waals surface area contributed by atoms with Gasteiger partial charge in [0, 0.05) is 18.9 Å². The van der Waals surface area contributed by atoms with Crippen LogP contribution in [0.3, 0.4) is 0 Å². The Kier molecular flexibility index (Phi) is 7.81. The highest BCUT2D eigenvalue weighted by molar-refractivity contribution is 6.74. The van der Waals surface area contributed by atoms with Crippen LogP contribution >= 0.6 is 0 Å². The molecule has 2 aromatic carbocycles. The number of halogens is 3. The highest BCUT2D eigenvalue weighted by atomic mass is 28.4. The molecule has 5 nitrogen and oxygen atoms in total. The van der Waals surface area contributed by atoms with Crippen molar-refractivity contribution in [1.82, 2.24) is 4.90 Å². The number of rotatable bonds is 7. The van der Waals surface area contributed by atoms with Gasteiger partial charge in [0.1, 0.15) is 12.6 Å². The van der Waals surface area contributed by atoms with Gasteiger partial charge in [0.2, 0.25) is 5.91 Å². The summed E-state index contributed by atoms with van der Waals surface area (Å²) in [7, 11) is -2.32. The Hall–Kier alpha value is -2.65. The maximum Gasteiger partial charge on any atom is 0.417 e. The minimum absolute atomic E-state index is 0.00113. The van der Waals surface area contributed by atoms with Crippen LogP contribution in [0.2, 0.25) is 18.1 Å².